The average Bonchev–Trinajstić information content (AvgIpc) is 2.19. The normalized spacial score (nSPS) is 12.2. The first-order valence-electron chi connectivity index (χ1n) is 4.40. The Morgan fingerprint density at radius 3 is 2.83 bits per heavy atom. The summed E-state index contributed by atoms with van der Waals surface area (Å²) in [4.78, 5) is 11.4. The molecule has 2 nitrogen and oxygen atoms in total. The SMILES string of the molecule is [2H]C([2H])(C#C)NC(=O)c1ccccc1. The highest BCUT2D eigenvalue weighted by atomic mass is 16.1. The molecule has 60 valence electrons. The highest BCUT2D eigenvalue weighted by Gasteiger charge is 2.00. The van der Waals surface area contributed by atoms with Crippen molar-refractivity contribution >= 4 is 5.91 Å². The molecule has 12 heavy (non-hydrogen) atoms. The molecule has 1 aromatic carbocycles. The number of carbonyl (C=O) groups excluding carboxylic acids is 1. The van der Waals surface area contributed by atoms with Crippen molar-refractivity contribution in [2.75, 3.05) is 6.50 Å². The molecule has 0 bridgehead atoms. The van der Waals surface area contributed by atoms with Crippen LogP contribution in [0.5, 0.6) is 0 Å². The van der Waals surface area contributed by atoms with Crippen LogP contribution in [0.3, 0.4) is 0 Å². The Hall–Kier alpha value is -1.75. The van der Waals surface area contributed by atoms with Gasteiger partial charge in [-0.3, -0.25) is 4.79 Å². The lowest BCUT2D eigenvalue weighted by atomic mass is 10.2. The van der Waals surface area contributed by atoms with Crippen LogP contribution in [0.2, 0.25) is 0 Å². The van der Waals surface area contributed by atoms with Crippen molar-refractivity contribution in [3.05, 3.63) is 35.9 Å². The van der Waals surface area contributed by atoms with Crippen LogP contribution in [0, 0.1) is 12.3 Å². The molecule has 0 saturated carbocycles. The summed E-state index contributed by atoms with van der Waals surface area (Å²) in [6, 6.07) is 8.33. The van der Waals surface area contributed by atoms with Gasteiger partial charge in [0.1, 0.15) is 0 Å². The third kappa shape index (κ3) is 2.14. The second-order valence-electron chi connectivity index (χ2n) is 2.09. The summed E-state index contributed by atoms with van der Waals surface area (Å²) in [5, 5.41) is 2.08. The highest BCUT2D eigenvalue weighted by Crippen LogP contribution is 1.96. The molecule has 0 heterocycles. The van der Waals surface area contributed by atoms with Gasteiger partial charge in [0.05, 0.1) is 9.24 Å². The predicted octanol–water partition coefficient (Wildman–Crippen LogP) is 1.05. The summed E-state index contributed by atoms with van der Waals surface area (Å²) in [7, 11) is 0. The van der Waals surface area contributed by atoms with Gasteiger partial charge in [0, 0.05) is 5.56 Å². The fraction of sp³-hybridized carbons (Fsp3) is 0.100. The minimum Gasteiger partial charge on any atom is -0.341 e. The van der Waals surface area contributed by atoms with Crippen LogP contribution in [-0.2, 0) is 0 Å². The second kappa shape index (κ2) is 4.20. The Labute approximate surface area is 74.4 Å². The van der Waals surface area contributed by atoms with E-state index in [2.05, 4.69) is 5.32 Å². The number of hydrogen-bond donors (Lipinski definition) is 1. The zero-order valence-corrected chi connectivity index (χ0v) is 6.37. The predicted molar refractivity (Wildman–Crippen MR) is 47.6 cm³/mol. The lowest BCUT2D eigenvalue weighted by Crippen LogP contribution is -2.23. The molecule has 1 N–H and O–H groups in total. The Balaban J connectivity index is 2.75. The minimum absolute atomic E-state index is 0.381. The maximum absolute atomic E-state index is 11.4. The summed E-state index contributed by atoms with van der Waals surface area (Å²) in [5.41, 5.74) is 0.381. The third-order valence-corrected chi connectivity index (χ3v) is 1.28. The summed E-state index contributed by atoms with van der Waals surface area (Å²) < 4.78 is 14.3. The molecule has 0 unspecified atom stereocenters. The smallest absolute Gasteiger partial charge is 0.252 e. The van der Waals surface area contributed by atoms with E-state index >= 15 is 0 Å². The highest BCUT2D eigenvalue weighted by molar-refractivity contribution is 5.94. The topological polar surface area (TPSA) is 29.1 Å². The van der Waals surface area contributed by atoms with Gasteiger partial charge in [-0.25, -0.2) is 0 Å². The molecule has 0 aliphatic carbocycles. The second-order valence-corrected chi connectivity index (χ2v) is 2.09. The lowest BCUT2D eigenvalue weighted by Gasteiger charge is -1.99. The first-order valence-corrected chi connectivity index (χ1v) is 3.40. The Bertz CT molecular complexity index is 367. The molecule has 1 amide bonds. The van der Waals surface area contributed by atoms with Crippen LogP contribution in [0.15, 0.2) is 30.3 Å². The van der Waals surface area contributed by atoms with E-state index in [4.69, 9.17) is 9.16 Å². The fourth-order valence-corrected chi connectivity index (χ4v) is 0.755. The van der Waals surface area contributed by atoms with Crippen molar-refractivity contribution in [1.29, 1.82) is 0 Å². The molecule has 0 atom stereocenters. The van der Waals surface area contributed by atoms with Gasteiger partial charge in [0.15, 0.2) is 0 Å². The maximum atomic E-state index is 11.4. The monoisotopic (exact) mass is 161 g/mol. The van der Waals surface area contributed by atoms with Gasteiger partial charge < -0.3 is 5.32 Å². The number of hydrogen-bond acceptors (Lipinski definition) is 1. The van der Waals surface area contributed by atoms with Crippen LogP contribution < -0.4 is 5.32 Å². The van der Waals surface area contributed by atoms with Crippen LogP contribution in [0.1, 0.15) is 13.1 Å². The van der Waals surface area contributed by atoms with E-state index in [9.17, 15) is 4.79 Å². The summed E-state index contributed by atoms with van der Waals surface area (Å²) in [6.07, 6.45) is 4.89. The van der Waals surface area contributed by atoms with Gasteiger partial charge in [-0.15, -0.1) is 6.42 Å². The number of nitrogens with one attached hydrogen (secondary N) is 1. The first kappa shape index (κ1) is 5.84. The molecule has 0 spiro atoms. The molecule has 0 aromatic heterocycles. The number of terminal acetylenes is 1. The first-order chi connectivity index (χ1) is 6.55. The number of carbonyl (C=O) groups is 1. The van der Waals surface area contributed by atoms with Crippen LogP contribution >= 0.6 is 0 Å². The molecule has 1 aromatic rings. The van der Waals surface area contributed by atoms with Crippen molar-refractivity contribution in [1.82, 2.24) is 5.32 Å². The lowest BCUT2D eigenvalue weighted by molar-refractivity contribution is 0.0958. The molecule has 0 aliphatic rings. The zero-order chi connectivity index (χ0) is 10.6. The third-order valence-electron chi connectivity index (χ3n) is 1.28. The minimum atomic E-state index is -2.10. The zero-order valence-electron chi connectivity index (χ0n) is 8.37. The Kier molecular flexibility index (Phi) is 2.04. The molecule has 1 rings (SSSR count). The van der Waals surface area contributed by atoms with Gasteiger partial charge in [-0.05, 0) is 12.1 Å². The van der Waals surface area contributed by atoms with E-state index < -0.39 is 12.4 Å². The van der Waals surface area contributed by atoms with Crippen LogP contribution in [-0.4, -0.2) is 12.4 Å². The largest absolute Gasteiger partial charge is 0.341 e. The van der Waals surface area contributed by atoms with E-state index in [1.54, 1.807) is 30.3 Å². The Morgan fingerprint density at radius 2 is 2.25 bits per heavy atom. The average molecular weight is 161 g/mol. The fourth-order valence-electron chi connectivity index (χ4n) is 0.755. The van der Waals surface area contributed by atoms with Gasteiger partial charge in [-0.2, -0.15) is 0 Å². The van der Waals surface area contributed by atoms with Crippen molar-refractivity contribution in [2.45, 2.75) is 0 Å². The quantitative estimate of drug-likeness (QED) is 0.645. The molecule has 0 fully saturated rings. The van der Waals surface area contributed by atoms with Gasteiger partial charge in [-0.1, -0.05) is 24.1 Å². The molecule has 2 heteroatoms. The number of benzene rings is 1. The Morgan fingerprint density at radius 1 is 1.58 bits per heavy atom. The van der Waals surface area contributed by atoms with Gasteiger partial charge in [0.2, 0.25) is 0 Å². The van der Waals surface area contributed by atoms with Crippen LogP contribution in [0.4, 0.5) is 0 Å². The number of amides is 1. The molecule has 0 radical (unpaired) electrons. The summed E-state index contributed by atoms with van der Waals surface area (Å²) >= 11 is 0. The maximum Gasteiger partial charge on any atom is 0.252 e. The molecular weight excluding hydrogens is 150 g/mol. The van der Waals surface area contributed by atoms with Gasteiger partial charge in [0.25, 0.3) is 5.91 Å². The number of rotatable bonds is 2. The van der Waals surface area contributed by atoms with Crippen molar-refractivity contribution in [3.8, 4) is 12.3 Å². The summed E-state index contributed by atoms with van der Waals surface area (Å²) in [5.74, 6) is 1.32. The van der Waals surface area contributed by atoms with Crippen molar-refractivity contribution in [3.63, 3.8) is 0 Å². The van der Waals surface area contributed by atoms with E-state index in [-0.39, 0.29) is 0 Å². The molecule has 0 aliphatic heterocycles. The van der Waals surface area contributed by atoms with Crippen LogP contribution in [0.25, 0.3) is 0 Å². The standard InChI is InChI=1S/C10H9NO/c1-2-8-11-10(12)9-6-4-3-5-7-9/h1,3-7H,8H2,(H,11,12)/i8D2. The van der Waals surface area contributed by atoms with E-state index in [1.807, 2.05) is 5.92 Å². The van der Waals surface area contributed by atoms with Crippen molar-refractivity contribution in [2.24, 2.45) is 0 Å². The molecule has 0 saturated heterocycles. The van der Waals surface area contributed by atoms with Crippen molar-refractivity contribution < 1.29 is 7.54 Å². The van der Waals surface area contributed by atoms with E-state index in [1.165, 1.54) is 0 Å². The van der Waals surface area contributed by atoms with Gasteiger partial charge >= 0.3 is 0 Å². The summed E-state index contributed by atoms with van der Waals surface area (Å²) in [6.45, 7) is -2.10. The molecular formula is C10H9NO. The van der Waals surface area contributed by atoms with E-state index in [0.717, 1.165) is 0 Å². The van der Waals surface area contributed by atoms with E-state index in [0.29, 0.717) is 5.56 Å².